The van der Waals surface area contributed by atoms with E-state index in [0.29, 0.717) is 17.0 Å². The molecule has 2 heterocycles. The predicted molar refractivity (Wildman–Crippen MR) is 222 cm³/mol. The second-order valence-electron chi connectivity index (χ2n) is 13.9. The molecule has 5 heteroatoms. The first kappa shape index (κ1) is 33.3. The van der Waals surface area contributed by atoms with Gasteiger partial charge >= 0.3 is 0 Å². The van der Waals surface area contributed by atoms with Crippen molar-refractivity contribution >= 4 is 21.8 Å². The highest BCUT2D eigenvalue weighted by Crippen LogP contribution is 2.44. The minimum Gasteiger partial charge on any atom is -0.308 e. The van der Waals surface area contributed by atoms with Crippen LogP contribution in [0.4, 0.5) is 0 Å². The number of rotatable bonds is 6. The van der Waals surface area contributed by atoms with Crippen molar-refractivity contribution in [3.05, 3.63) is 186 Å². The summed E-state index contributed by atoms with van der Waals surface area (Å²) in [4.78, 5) is 10.5. The average molecular weight is 704 g/mol. The highest BCUT2D eigenvalue weighted by molar-refractivity contribution is 6.11. The average Bonchev–Trinajstić information content (AvgIpc) is 3.55. The van der Waals surface area contributed by atoms with Crippen LogP contribution in [0.25, 0.3) is 83.6 Å². The zero-order chi connectivity index (χ0) is 37.5. The lowest BCUT2D eigenvalue weighted by molar-refractivity contribution is 1.16. The van der Waals surface area contributed by atoms with E-state index in [1.807, 2.05) is 78.9 Å². The van der Waals surface area contributed by atoms with Gasteiger partial charge in [-0.05, 0) is 91.7 Å². The third-order valence-corrected chi connectivity index (χ3v) is 10.1. The number of nitriles is 2. The Morgan fingerprint density at radius 1 is 0.436 bits per heavy atom. The molecule has 0 atom stereocenters. The number of fused-ring (bicyclic) bond motifs is 3. The van der Waals surface area contributed by atoms with E-state index < -0.39 is 0 Å². The van der Waals surface area contributed by atoms with Crippen molar-refractivity contribution in [1.82, 2.24) is 14.5 Å². The minimum absolute atomic E-state index is 0.559. The Balaban J connectivity index is 1.44. The molecular weight excluding hydrogens is 671 g/mol. The molecule has 0 spiro atoms. The van der Waals surface area contributed by atoms with Gasteiger partial charge in [0.1, 0.15) is 0 Å². The van der Waals surface area contributed by atoms with Crippen molar-refractivity contribution in [2.45, 2.75) is 13.8 Å². The van der Waals surface area contributed by atoms with E-state index in [2.05, 4.69) is 115 Å². The van der Waals surface area contributed by atoms with Gasteiger partial charge in [0.05, 0.1) is 51.4 Å². The lowest BCUT2D eigenvalue weighted by Gasteiger charge is -2.21. The Morgan fingerprint density at radius 3 is 1.35 bits per heavy atom. The number of benzene rings is 7. The first-order valence-electron chi connectivity index (χ1n) is 18.2. The first-order valence-corrected chi connectivity index (χ1v) is 18.2. The Bertz CT molecular complexity index is 2820. The molecule has 0 saturated carbocycles. The maximum absolute atomic E-state index is 10.1. The molecule has 0 saturated heterocycles. The summed E-state index contributed by atoms with van der Waals surface area (Å²) in [6.45, 7) is 4.25. The summed E-state index contributed by atoms with van der Waals surface area (Å²) in [6, 6.07) is 60.1. The highest BCUT2D eigenvalue weighted by atomic mass is 15.0. The lowest BCUT2D eigenvalue weighted by Crippen LogP contribution is -2.03. The van der Waals surface area contributed by atoms with Gasteiger partial charge in [-0.15, -0.1) is 0 Å². The largest absolute Gasteiger partial charge is 0.308 e. The van der Waals surface area contributed by atoms with Gasteiger partial charge in [-0.25, -0.2) is 9.97 Å². The number of hydrogen-bond donors (Lipinski definition) is 0. The van der Waals surface area contributed by atoms with Crippen LogP contribution in [0, 0.1) is 36.5 Å². The van der Waals surface area contributed by atoms with Crippen LogP contribution < -0.4 is 0 Å². The molecule has 0 N–H and O–H groups in total. The predicted octanol–water partition coefficient (Wildman–Crippen LogP) is 12.3. The molecular formula is C50H33N5. The van der Waals surface area contributed by atoms with Crippen LogP contribution in [-0.2, 0) is 0 Å². The molecule has 0 amide bonds. The van der Waals surface area contributed by atoms with Crippen molar-refractivity contribution in [3.8, 4) is 74.0 Å². The molecule has 0 aliphatic heterocycles. The molecule has 5 nitrogen and oxygen atoms in total. The van der Waals surface area contributed by atoms with Gasteiger partial charge in [-0.3, -0.25) is 0 Å². The van der Waals surface area contributed by atoms with Crippen LogP contribution >= 0.6 is 0 Å². The Morgan fingerprint density at radius 2 is 0.891 bits per heavy atom. The number of aromatic nitrogens is 3. The molecule has 9 rings (SSSR count). The molecule has 258 valence electrons. The summed E-state index contributed by atoms with van der Waals surface area (Å²) >= 11 is 0. The van der Waals surface area contributed by atoms with Gasteiger partial charge < -0.3 is 4.57 Å². The molecule has 0 bridgehead atoms. The Hall–Kier alpha value is -7.60. The standard InChI is InChI=1S/C50H33N5/c1-32-19-21-47-43(23-32)44-24-33(2)20-22-48(44)55(47)49-41(38-17-9-11-34(25-38)30-51)27-40(28-42(49)39-18-10-12-35(26-39)31-52)50-53-45(36-13-5-3-6-14-36)29-46(54-50)37-15-7-4-8-16-37/h3-29H,1-2H3. The molecule has 9 aromatic rings. The molecule has 7 aromatic carbocycles. The fourth-order valence-electron chi connectivity index (χ4n) is 7.54. The number of nitrogens with zero attached hydrogens (tertiary/aromatic N) is 5. The van der Waals surface area contributed by atoms with Gasteiger partial charge in [-0.2, -0.15) is 10.5 Å². The Labute approximate surface area is 319 Å². The van der Waals surface area contributed by atoms with Gasteiger partial charge in [0.15, 0.2) is 5.82 Å². The highest BCUT2D eigenvalue weighted by Gasteiger charge is 2.23. The van der Waals surface area contributed by atoms with E-state index in [9.17, 15) is 10.5 Å². The topological polar surface area (TPSA) is 78.3 Å². The van der Waals surface area contributed by atoms with E-state index in [4.69, 9.17) is 9.97 Å². The second-order valence-corrected chi connectivity index (χ2v) is 13.9. The van der Waals surface area contributed by atoms with Crippen LogP contribution in [0.1, 0.15) is 22.3 Å². The Kier molecular flexibility index (Phi) is 8.31. The summed E-state index contributed by atoms with van der Waals surface area (Å²) in [5.41, 5.74) is 14.5. The van der Waals surface area contributed by atoms with E-state index >= 15 is 0 Å². The smallest absolute Gasteiger partial charge is 0.160 e. The van der Waals surface area contributed by atoms with Crippen molar-refractivity contribution in [2.75, 3.05) is 0 Å². The quantitative estimate of drug-likeness (QED) is 0.173. The van der Waals surface area contributed by atoms with Crippen molar-refractivity contribution in [1.29, 1.82) is 10.5 Å². The summed E-state index contributed by atoms with van der Waals surface area (Å²) in [5, 5.41) is 22.5. The molecule has 0 aliphatic rings. The van der Waals surface area contributed by atoms with Gasteiger partial charge in [0.25, 0.3) is 0 Å². The zero-order valence-electron chi connectivity index (χ0n) is 30.3. The molecule has 55 heavy (non-hydrogen) atoms. The summed E-state index contributed by atoms with van der Waals surface area (Å²) in [6.07, 6.45) is 0. The minimum atomic E-state index is 0.559. The molecule has 0 radical (unpaired) electrons. The lowest BCUT2D eigenvalue weighted by atomic mass is 9.91. The van der Waals surface area contributed by atoms with Crippen LogP contribution in [0.5, 0.6) is 0 Å². The maximum atomic E-state index is 10.1. The molecule has 0 aliphatic carbocycles. The fourth-order valence-corrected chi connectivity index (χ4v) is 7.54. The normalized spacial score (nSPS) is 11.1. The van der Waals surface area contributed by atoms with Crippen LogP contribution in [0.15, 0.2) is 164 Å². The third-order valence-electron chi connectivity index (χ3n) is 10.1. The van der Waals surface area contributed by atoms with Crippen LogP contribution in [0.3, 0.4) is 0 Å². The van der Waals surface area contributed by atoms with E-state index in [-0.39, 0.29) is 0 Å². The monoisotopic (exact) mass is 703 g/mol. The second kappa shape index (κ2) is 13.7. The van der Waals surface area contributed by atoms with E-state index in [1.165, 1.54) is 11.1 Å². The van der Waals surface area contributed by atoms with E-state index in [0.717, 1.165) is 77.8 Å². The summed E-state index contributed by atoms with van der Waals surface area (Å²) < 4.78 is 2.34. The molecule has 2 aromatic heterocycles. The SMILES string of the molecule is Cc1ccc2c(c1)c1cc(C)ccc1n2-c1c(-c2cccc(C#N)c2)cc(-c2nc(-c3ccccc3)cc(-c3ccccc3)n2)cc1-c1cccc(C#N)c1. The van der Waals surface area contributed by atoms with Crippen LogP contribution in [-0.4, -0.2) is 14.5 Å². The van der Waals surface area contributed by atoms with Crippen molar-refractivity contribution < 1.29 is 0 Å². The number of aryl methyl sites for hydroxylation is 2. The van der Waals surface area contributed by atoms with Gasteiger partial charge in [0.2, 0.25) is 0 Å². The van der Waals surface area contributed by atoms with Crippen molar-refractivity contribution in [3.63, 3.8) is 0 Å². The molecule has 0 unspecified atom stereocenters. The summed E-state index contributed by atoms with van der Waals surface area (Å²) in [7, 11) is 0. The van der Waals surface area contributed by atoms with Crippen LogP contribution in [0.2, 0.25) is 0 Å². The van der Waals surface area contributed by atoms with Gasteiger partial charge in [0, 0.05) is 38.6 Å². The zero-order valence-corrected chi connectivity index (χ0v) is 30.3. The van der Waals surface area contributed by atoms with Crippen molar-refractivity contribution in [2.24, 2.45) is 0 Å². The third kappa shape index (κ3) is 6.11. The van der Waals surface area contributed by atoms with E-state index in [1.54, 1.807) is 0 Å². The summed E-state index contributed by atoms with van der Waals surface area (Å²) in [5.74, 6) is 0.565. The first-order chi connectivity index (χ1) is 27.0. The molecule has 0 fully saturated rings. The maximum Gasteiger partial charge on any atom is 0.160 e. The number of hydrogen-bond acceptors (Lipinski definition) is 4. The fraction of sp³-hybridized carbons (Fsp3) is 0.0400. The van der Waals surface area contributed by atoms with Gasteiger partial charge in [-0.1, -0.05) is 108 Å².